The number of aliphatic hydroxyl groups is 2. The number of ketones is 4. The molecule has 22 heteroatoms. The third-order valence-corrected chi connectivity index (χ3v) is 17.1. The summed E-state index contributed by atoms with van der Waals surface area (Å²) in [7, 11) is 1.39. The zero-order chi connectivity index (χ0) is 60.5. The molecule has 7 heterocycles. The molecule has 1 spiro atoms. The largest absolute Gasteiger partial charge is 0.507 e. The van der Waals surface area contributed by atoms with Gasteiger partial charge in [-0.3, -0.25) is 38.1 Å². The lowest BCUT2D eigenvalue weighted by Crippen LogP contribution is -2.49. The zero-order valence-corrected chi connectivity index (χ0v) is 47.6. The number of rotatable bonds is 6. The number of methoxy groups -OCH3 is 1. The molecule has 2 aromatic heterocycles. The van der Waals surface area contributed by atoms with E-state index in [-0.39, 0.29) is 82.4 Å². The van der Waals surface area contributed by atoms with Crippen LogP contribution in [0.15, 0.2) is 82.8 Å². The maximum absolute atomic E-state index is 16.5. The number of carbonyl (C=O) groups is 6. The van der Waals surface area contributed by atoms with Gasteiger partial charge in [-0.05, 0) is 64.3 Å². The van der Waals surface area contributed by atoms with Crippen LogP contribution in [0.25, 0.3) is 16.7 Å². The highest BCUT2D eigenvalue weighted by Crippen LogP contribution is 2.50. The first-order valence-electron chi connectivity index (χ1n) is 27.4. The molecule has 19 nitrogen and oxygen atoms in total. The fourth-order valence-corrected chi connectivity index (χ4v) is 12.4. The van der Waals surface area contributed by atoms with Gasteiger partial charge in [0.25, 0.3) is 11.7 Å². The molecule has 1 unspecified atom stereocenters. The number of pyridine rings is 2. The van der Waals surface area contributed by atoms with E-state index in [4.69, 9.17) is 18.9 Å². The normalized spacial score (nSPS) is 29.4. The number of phenols is 1. The second-order valence-corrected chi connectivity index (χ2v) is 22.8. The number of halogens is 3. The van der Waals surface area contributed by atoms with Crippen LogP contribution in [0.3, 0.4) is 0 Å². The number of aliphatic hydroxyl groups excluding tert-OH is 2. The first-order chi connectivity index (χ1) is 39.1. The number of ether oxygens (including phenoxy) is 4. The van der Waals surface area contributed by atoms with Crippen molar-refractivity contribution < 1.29 is 76.2 Å². The molecule has 440 valence electrons. The van der Waals surface area contributed by atoms with Gasteiger partial charge in [0.2, 0.25) is 17.0 Å². The lowest BCUT2D eigenvalue weighted by molar-refractivity contribution is -0.160. The van der Waals surface area contributed by atoms with Gasteiger partial charge >= 0.3 is 11.8 Å². The number of phenolic OH excluding ortho intramolecular Hbond substituents is 1. The quantitative estimate of drug-likeness (QED) is 0.109. The minimum atomic E-state index is -2.22. The lowest BCUT2D eigenvalue weighted by atomic mass is 9.77. The number of hydrogen-bond acceptors (Lipinski definition) is 17. The van der Waals surface area contributed by atoms with Crippen LogP contribution in [0.1, 0.15) is 122 Å². The highest BCUT2D eigenvalue weighted by atomic mass is 19.1. The van der Waals surface area contributed by atoms with Crippen LogP contribution >= 0.6 is 0 Å². The number of esters is 1. The first kappa shape index (κ1) is 59.7. The molecule has 4 aromatic rings. The number of fused-ring (bicyclic) bond motifs is 15. The SMILES string of the molecule is CO[C@H]1/C=C/O[C@@]2(C)Oc3c(C)c(O)c4c(c3C2=O)C(=O)C(N2CCCC3(CCN(c5nc6c(cc5F)c(=O)c(C(C)=O)cn6-c5ccc(F)cc5F)C3)C2)=C(NC(=O)/C(C)=C\C=C\[C@H](C)[C@H](O)[C@@H](C)[C@@H](O)[C@@H](C)[C@H](OC(C)=O)[C@@H]1C)C4=O. The van der Waals surface area contributed by atoms with Crippen LogP contribution in [-0.4, -0.2) is 128 Å². The Balaban J connectivity index is 1.13. The van der Waals surface area contributed by atoms with Crippen LogP contribution in [-0.2, 0) is 23.8 Å². The summed E-state index contributed by atoms with van der Waals surface area (Å²) < 4.78 is 71.0. The molecule has 6 aliphatic rings. The van der Waals surface area contributed by atoms with Crippen molar-refractivity contribution in [2.45, 2.75) is 112 Å². The summed E-state index contributed by atoms with van der Waals surface area (Å²) in [5.41, 5.74) is -4.79. The standard InChI is InChI=1S/C61H66F3N5O14/c1-28-13-11-14-29(2)59(79)65-46-47(67-20-12-18-61(26-67)19-21-68(27-61)58-40(64)24-37-51(75)38(34(7)70)25-69(57(37)66-58)41-16-15-36(62)23-39(41)63)53(77)43-44(52(46)76)50(74)33(6)55-45(43)56(78)60(9,83-55)81-22-17-42(80-10)30(3)54(82-35(8)71)32(5)49(73)31(4)48(28)72/h11,13-17,22-25,28,30-32,42,48-49,54,72-74H,12,18-21,26-27H2,1-10H3,(H,65,79)/b13-11+,22-17+,29-14-/t28-,30+,31+,32+,42-,48-,49+,54+,60-,61?/m0/s1. The van der Waals surface area contributed by atoms with Gasteiger partial charge in [-0.2, -0.15) is 0 Å². The molecule has 10 rings (SSSR count). The molecule has 4 N–H and O–H groups in total. The monoisotopic (exact) mass is 1150 g/mol. The van der Waals surface area contributed by atoms with E-state index in [1.807, 2.05) is 0 Å². The Labute approximate surface area is 476 Å². The zero-order valence-electron chi connectivity index (χ0n) is 47.6. The fraction of sp³-hybridized carbons (Fsp3) is 0.443. The minimum Gasteiger partial charge on any atom is -0.507 e. The molecule has 10 atom stereocenters. The van der Waals surface area contributed by atoms with Crippen LogP contribution in [0.2, 0.25) is 0 Å². The Bertz CT molecular complexity index is 3610. The van der Waals surface area contributed by atoms with Gasteiger partial charge in [-0.1, -0.05) is 45.9 Å². The number of benzene rings is 2. The molecule has 5 bridgehead atoms. The fourth-order valence-electron chi connectivity index (χ4n) is 12.4. The molecule has 1 amide bonds. The Kier molecular flexibility index (Phi) is 16.3. The van der Waals surface area contributed by atoms with E-state index in [0.29, 0.717) is 25.3 Å². The molecule has 0 radical (unpaired) electrons. The van der Waals surface area contributed by atoms with Crippen LogP contribution in [0.4, 0.5) is 19.0 Å². The summed E-state index contributed by atoms with van der Waals surface area (Å²) in [5, 5.41) is 37.5. The van der Waals surface area contributed by atoms with Gasteiger partial charge in [-0.15, -0.1) is 0 Å². The molecule has 2 fully saturated rings. The molecule has 5 aliphatic heterocycles. The number of aromatic nitrogens is 2. The summed E-state index contributed by atoms with van der Waals surface area (Å²) in [6.07, 6.45) is 5.22. The van der Waals surface area contributed by atoms with E-state index in [1.54, 1.807) is 43.6 Å². The lowest BCUT2D eigenvalue weighted by Gasteiger charge is -2.43. The van der Waals surface area contributed by atoms with Crippen LogP contribution < -0.4 is 20.4 Å². The minimum absolute atomic E-state index is 0.0202. The van der Waals surface area contributed by atoms with Crippen LogP contribution in [0, 0.1) is 53.5 Å². The molecule has 1 aliphatic carbocycles. The second-order valence-electron chi connectivity index (χ2n) is 22.8. The molecule has 83 heavy (non-hydrogen) atoms. The third-order valence-electron chi connectivity index (χ3n) is 17.1. The van der Waals surface area contributed by atoms with E-state index in [0.717, 1.165) is 42.1 Å². The highest BCUT2D eigenvalue weighted by molar-refractivity contribution is 6.32. The summed E-state index contributed by atoms with van der Waals surface area (Å²) >= 11 is 0. The van der Waals surface area contributed by atoms with Gasteiger partial charge in [-0.25, -0.2) is 18.2 Å². The van der Waals surface area contributed by atoms with E-state index in [1.165, 1.54) is 53.0 Å². The average Bonchev–Trinajstić information content (AvgIpc) is 1.98. The average molecular weight is 1150 g/mol. The van der Waals surface area contributed by atoms with Crippen LogP contribution in [0.5, 0.6) is 11.5 Å². The number of amides is 1. The molecular weight excluding hydrogens is 1080 g/mol. The number of aromatic hydroxyl groups is 1. The summed E-state index contributed by atoms with van der Waals surface area (Å²) in [5.74, 6) is -14.1. The predicted molar refractivity (Wildman–Crippen MR) is 295 cm³/mol. The second kappa shape index (κ2) is 22.7. The summed E-state index contributed by atoms with van der Waals surface area (Å²) in [6, 6.07) is 3.61. The van der Waals surface area contributed by atoms with Crippen molar-refractivity contribution in [3.63, 3.8) is 0 Å². The van der Waals surface area contributed by atoms with E-state index in [2.05, 4.69) is 10.3 Å². The number of carbonyl (C=O) groups excluding carboxylic acids is 6. The number of nitrogens with one attached hydrogen (secondary N) is 1. The topological polar surface area (TPSA) is 253 Å². The molecular formula is C61H66F3N5O14. The number of anilines is 1. The van der Waals surface area contributed by atoms with Crippen molar-refractivity contribution in [2.75, 3.05) is 38.2 Å². The highest BCUT2D eigenvalue weighted by Gasteiger charge is 2.54. The number of hydrogen-bond donors (Lipinski definition) is 4. The van der Waals surface area contributed by atoms with E-state index in [9.17, 15) is 43.7 Å². The van der Waals surface area contributed by atoms with Crippen molar-refractivity contribution in [3.05, 3.63) is 133 Å². The Morgan fingerprint density at radius 3 is 2.24 bits per heavy atom. The Morgan fingerprint density at radius 1 is 0.855 bits per heavy atom. The van der Waals surface area contributed by atoms with Gasteiger partial charge in [0.1, 0.15) is 40.6 Å². The van der Waals surface area contributed by atoms with Crippen molar-refractivity contribution in [1.82, 2.24) is 19.8 Å². The smallest absolute Gasteiger partial charge is 0.312 e. The summed E-state index contributed by atoms with van der Waals surface area (Å²) in [6.45, 7) is 13.6. The first-order valence-corrected chi connectivity index (χ1v) is 27.4. The number of Topliss-reactive ketones (excluding diaryl/α,β-unsaturated/α-hetero) is 4. The van der Waals surface area contributed by atoms with Crippen molar-refractivity contribution in [3.8, 4) is 17.2 Å². The maximum Gasteiger partial charge on any atom is 0.312 e. The Hall–Kier alpha value is -7.95. The third kappa shape index (κ3) is 10.6. The van der Waals surface area contributed by atoms with Gasteiger partial charge in [0, 0.05) is 99.6 Å². The molecule has 2 aromatic carbocycles. The number of likely N-dealkylation sites (tertiary alicyclic amines) is 1. The number of allylic oxidation sites excluding steroid dienone is 4. The predicted octanol–water partition coefficient (Wildman–Crippen LogP) is 7.27. The van der Waals surface area contributed by atoms with E-state index < -0.39 is 140 Å². The van der Waals surface area contributed by atoms with Gasteiger partial charge < -0.3 is 49.4 Å². The van der Waals surface area contributed by atoms with Gasteiger partial charge in [0.05, 0.1) is 57.9 Å². The molecule has 0 saturated carbocycles. The van der Waals surface area contributed by atoms with Crippen molar-refractivity contribution >= 4 is 51.9 Å². The molecule has 2 saturated heterocycles. The van der Waals surface area contributed by atoms with Crippen molar-refractivity contribution in [2.24, 2.45) is 29.1 Å². The van der Waals surface area contributed by atoms with Crippen molar-refractivity contribution in [1.29, 1.82) is 0 Å². The number of nitrogens with zero attached hydrogens (tertiary/aromatic N) is 4. The summed E-state index contributed by atoms with van der Waals surface area (Å²) in [4.78, 5) is 107. The van der Waals surface area contributed by atoms with E-state index >= 15 is 18.4 Å². The maximum atomic E-state index is 16.5. The Morgan fingerprint density at radius 2 is 1.57 bits per heavy atom. The van der Waals surface area contributed by atoms with Gasteiger partial charge in [0.15, 0.2) is 23.1 Å². The number of piperidine rings is 1.